The summed E-state index contributed by atoms with van der Waals surface area (Å²) in [6.45, 7) is 6.14. The first-order valence-electron chi connectivity index (χ1n) is 19.5. The van der Waals surface area contributed by atoms with Crippen molar-refractivity contribution < 1.29 is 45.5 Å². The van der Waals surface area contributed by atoms with Crippen LogP contribution in [0.3, 0.4) is 0 Å². The fourth-order valence-corrected chi connectivity index (χ4v) is 6.92. The second kappa shape index (κ2) is 18.0. The fourth-order valence-electron chi connectivity index (χ4n) is 6.92. The normalized spacial score (nSPS) is 17.8. The van der Waals surface area contributed by atoms with Gasteiger partial charge in [-0.25, -0.2) is 60.7 Å². The zero-order valence-electron chi connectivity index (χ0n) is 34.0. The number of hydrogen-bond donors (Lipinski definition) is 2. The predicted octanol–water partition coefficient (Wildman–Crippen LogP) is 8.43. The highest BCUT2D eigenvalue weighted by Crippen LogP contribution is 2.34. The smallest absolute Gasteiger partial charge is 0.413 e. The monoisotopic (exact) mass is 874 g/mol. The summed E-state index contributed by atoms with van der Waals surface area (Å²) in [6, 6.07) is 9.38. The number of pyridine rings is 2. The van der Waals surface area contributed by atoms with Crippen LogP contribution in [0.1, 0.15) is 68.2 Å². The molecular formula is C43H40F6N10O4. The molecule has 2 aromatic carbocycles. The van der Waals surface area contributed by atoms with Crippen LogP contribution < -0.4 is 11.1 Å². The lowest BCUT2D eigenvalue weighted by Gasteiger charge is -2.37. The molecule has 2 atom stereocenters. The number of nitrogen functional groups attached to an aromatic ring is 1. The van der Waals surface area contributed by atoms with E-state index >= 15 is 0 Å². The van der Waals surface area contributed by atoms with Crippen LogP contribution in [0.4, 0.5) is 52.4 Å². The quantitative estimate of drug-likeness (QED) is 0.190. The molecular weight excluding hydrogens is 835 g/mol. The Morgan fingerprint density at radius 1 is 0.667 bits per heavy atom. The Balaban J connectivity index is 0.000000193. The first kappa shape index (κ1) is 43.8. The van der Waals surface area contributed by atoms with E-state index in [1.165, 1.54) is 86.9 Å². The Kier molecular flexibility index (Phi) is 12.5. The maximum Gasteiger partial charge on any atom is 0.413 e. The molecule has 20 heteroatoms. The first-order chi connectivity index (χ1) is 29.9. The number of carbonyl (C=O) groups excluding carboxylic acids is 3. The summed E-state index contributed by atoms with van der Waals surface area (Å²) >= 11 is 0. The topological polar surface area (TPSA) is 162 Å². The number of benzene rings is 2. The number of rotatable bonds is 5. The van der Waals surface area contributed by atoms with E-state index < -0.39 is 64.7 Å². The largest absolute Gasteiger partial charge is 0.444 e. The zero-order chi connectivity index (χ0) is 45.2. The van der Waals surface area contributed by atoms with Gasteiger partial charge in [0.25, 0.3) is 0 Å². The third-order valence-electron chi connectivity index (χ3n) is 9.79. The summed E-state index contributed by atoms with van der Waals surface area (Å²) in [6.07, 6.45) is 6.10. The Labute approximate surface area is 357 Å². The minimum atomic E-state index is -0.730. The second-order valence-electron chi connectivity index (χ2n) is 15.9. The van der Waals surface area contributed by atoms with Crippen LogP contribution >= 0.6 is 0 Å². The zero-order valence-corrected chi connectivity index (χ0v) is 34.0. The number of ether oxygens (including phenoxy) is 1. The average Bonchev–Trinajstić information content (AvgIpc) is 3.86. The van der Waals surface area contributed by atoms with Crippen molar-refractivity contribution in [3.05, 3.63) is 129 Å². The van der Waals surface area contributed by atoms with Gasteiger partial charge in [-0.2, -0.15) is 10.2 Å². The number of halogens is 6. The number of carbonyl (C=O) groups is 3. The van der Waals surface area contributed by atoms with Crippen LogP contribution in [-0.2, 0) is 4.74 Å². The molecule has 63 heavy (non-hydrogen) atoms. The molecule has 3 N–H and O–H groups in total. The molecule has 0 saturated carbocycles. The van der Waals surface area contributed by atoms with Gasteiger partial charge in [-0.3, -0.25) is 5.32 Å². The molecule has 5 amide bonds. The molecule has 0 unspecified atom stereocenters. The molecule has 8 rings (SSSR count). The summed E-state index contributed by atoms with van der Waals surface area (Å²) in [5, 5.41) is 13.0. The number of amides is 5. The van der Waals surface area contributed by atoms with Gasteiger partial charge in [0, 0.05) is 63.6 Å². The molecule has 6 heterocycles. The van der Waals surface area contributed by atoms with Crippen molar-refractivity contribution in [1.29, 1.82) is 0 Å². The van der Waals surface area contributed by atoms with Crippen molar-refractivity contribution in [1.82, 2.24) is 29.8 Å². The molecule has 4 aliphatic rings. The van der Waals surface area contributed by atoms with Gasteiger partial charge < -0.3 is 20.3 Å². The number of nitrogens with zero attached hydrogens (tertiary/aromatic N) is 8. The van der Waals surface area contributed by atoms with E-state index in [4.69, 9.17) is 10.5 Å². The van der Waals surface area contributed by atoms with Crippen molar-refractivity contribution in [3.63, 3.8) is 0 Å². The average molecular weight is 875 g/mol. The molecule has 4 aromatic rings. The number of likely N-dealkylation sites (tertiary alicyclic amines) is 2. The van der Waals surface area contributed by atoms with Gasteiger partial charge >= 0.3 is 18.2 Å². The maximum atomic E-state index is 14.3. The number of nitrogens with one attached hydrogen (secondary N) is 1. The standard InChI is InChI=1S/C24H24F3N5O3.C19H16F3N5O/c1-24(2,3)35-22(33)30-21-5-4-18(27)19(29-21)8-14-12-31(13-14)23(34)32-20(6-7-28-32)15-9-16(25)11-17(26)10-15;20-13-6-12(7-14(21)8-13)17-3-4-24-27(17)19(28)26-9-11(10-26)5-16-15(22)1-2-18(23)25-16/h4-5,7-11,20H,6,12-13H2,1-3H3,(H,29,30,33);1-2,4-8,17H,3,9-10H2,(H2,23,25)/t20-;17-/m00/s1. The Bertz CT molecular complexity index is 2520. The van der Waals surface area contributed by atoms with Crippen molar-refractivity contribution in [2.75, 3.05) is 37.2 Å². The highest BCUT2D eigenvalue weighted by Gasteiger charge is 2.37. The van der Waals surface area contributed by atoms with Gasteiger partial charge in [0.2, 0.25) is 0 Å². The molecule has 2 saturated heterocycles. The van der Waals surface area contributed by atoms with Crippen LogP contribution in [0.5, 0.6) is 0 Å². The summed E-state index contributed by atoms with van der Waals surface area (Å²) in [7, 11) is 0. The summed E-state index contributed by atoms with van der Waals surface area (Å²) in [5.74, 6) is -3.63. The third-order valence-corrected chi connectivity index (χ3v) is 9.79. The van der Waals surface area contributed by atoms with Crippen LogP contribution in [0.15, 0.2) is 82.0 Å². The highest BCUT2D eigenvalue weighted by atomic mass is 19.2. The van der Waals surface area contributed by atoms with Crippen LogP contribution in [0, 0.1) is 34.9 Å². The van der Waals surface area contributed by atoms with Gasteiger partial charge in [-0.1, -0.05) is 0 Å². The lowest BCUT2D eigenvalue weighted by atomic mass is 10.0. The second-order valence-corrected chi connectivity index (χ2v) is 15.9. The number of hydrazone groups is 2. The van der Waals surface area contributed by atoms with Crippen LogP contribution in [0.25, 0.3) is 12.2 Å². The molecule has 2 aromatic heterocycles. The van der Waals surface area contributed by atoms with E-state index in [1.54, 1.807) is 26.8 Å². The Morgan fingerprint density at radius 3 is 1.54 bits per heavy atom. The van der Waals surface area contributed by atoms with Crippen LogP contribution in [-0.4, -0.2) is 92.2 Å². The number of urea groups is 2. The summed E-state index contributed by atoms with van der Waals surface area (Å²) < 4.78 is 87.5. The highest BCUT2D eigenvalue weighted by molar-refractivity contribution is 5.84. The van der Waals surface area contributed by atoms with E-state index in [1.807, 2.05) is 0 Å². The summed E-state index contributed by atoms with van der Waals surface area (Å²) in [4.78, 5) is 48.6. The van der Waals surface area contributed by atoms with E-state index in [-0.39, 0.29) is 55.2 Å². The van der Waals surface area contributed by atoms with E-state index in [0.717, 1.165) is 23.3 Å². The molecule has 328 valence electrons. The van der Waals surface area contributed by atoms with Gasteiger partial charge in [0.15, 0.2) is 0 Å². The Hall–Kier alpha value is -7.25. The van der Waals surface area contributed by atoms with E-state index in [0.29, 0.717) is 24.0 Å². The number of hydrogen-bond acceptors (Lipinski definition) is 9. The minimum Gasteiger partial charge on any atom is -0.444 e. The molecule has 0 bridgehead atoms. The fraction of sp³-hybridized carbons (Fsp3) is 0.279. The van der Waals surface area contributed by atoms with E-state index in [2.05, 4.69) is 25.5 Å². The number of nitrogens with two attached hydrogens (primary N) is 1. The third kappa shape index (κ3) is 10.6. The van der Waals surface area contributed by atoms with Crippen molar-refractivity contribution in [2.24, 2.45) is 10.2 Å². The molecule has 0 radical (unpaired) electrons. The maximum absolute atomic E-state index is 14.3. The van der Waals surface area contributed by atoms with Crippen molar-refractivity contribution in [3.8, 4) is 0 Å². The lowest BCUT2D eigenvalue weighted by Crippen LogP contribution is -2.49. The first-order valence-corrected chi connectivity index (χ1v) is 19.5. The van der Waals surface area contributed by atoms with Crippen molar-refractivity contribution >= 4 is 54.4 Å². The van der Waals surface area contributed by atoms with Crippen molar-refractivity contribution in [2.45, 2.75) is 51.3 Å². The molecule has 2 fully saturated rings. The predicted molar refractivity (Wildman–Crippen MR) is 221 cm³/mol. The lowest BCUT2D eigenvalue weighted by molar-refractivity contribution is 0.0635. The molecule has 0 spiro atoms. The van der Waals surface area contributed by atoms with Gasteiger partial charge in [0.1, 0.15) is 63.5 Å². The van der Waals surface area contributed by atoms with Gasteiger partial charge in [0.05, 0.1) is 12.1 Å². The molecule has 14 nitrogen and oxygen atoms in total. The Morgan fingerprint density at radius 2 is 1.10 bits per heavy atom. The van der Waals surface area contributed by atoms with Crippen LogP contribution in [0.2, 0.25) is 0 Å². The number of anilines is 2. The molecule has 4 aliphatic heterocycles. The minimum absolute atomic E-state index is 0.00737. The summed E-state index contributed by atoms with van der Waals surface area (Å²) in [5.41, 5.74) is 7.18. The number of aromatic nitrogens is 2. The molecule has 0 aliphatic carbocycles. The van der Waals surface area contributed by atoms with E-state index in [9.17, 15) is 40.7 Å². The van der Waals surface area contributed by atoms with Gasteiger partial charge in [-0.05, 0) is 104 Å². The van der Waals surface area contributed by atoms with Gasteiger partial charge in [-0.15, -0.1) is 0 Å². The SMILES string of the molecule is CC(C)(C)OC(=O)Nc1ccc(F)c(C=C2CN(C(=O)N3N=CC[C@H]3c3cc(F)cc(F)c3)C2)n1.Nc1ccc(F)c(C=C2CN(C(=O)N3N=CC[C@H]3c3cc(F)cc(F)c3)C2)n1.